The number of carboxylic acids is 2. The summed E-state index contributed by atoms with van der Waals surface area (Å²) in [5, 5.41) is 63.6. The van der Waals surface area contributed by atoms with Gasteiger partial charge in [-0.2, -0.15) is 28.9 Å². The summed E-state index contributed by atoms with van der Waals surface area (Å²) in [6, 6.07) is 28.9. The first-order valence-corrected chi connectivity index (χ1v) is 16.4. The SMILES string of the molecule is O=C(O)c1cc(N=Nc2ccc(-c3ccc(N=Nc4ccc(N=Nc5ccc(O)c(C(=O)O)c5)c5cc(S(=O)(=O)O)ccc45)cc3)cc2)ccc1O.[Na+]. The summed E-state index contributed by atoms with van der Waals surface area (Å²) in [6.07, 6.45) is 0. The Morgan fingerprint density at radius 2 is 0.868 bits per heavy atom. The normalized spacial score (nSPS) is 11.7. The van der Waals surface area contributed by atoms with Crippen LogP contribution in [0.25, 0.3) is 21.9 Å². The fraction of sp³-hybridized carbons (Fsp3) is 0. The molecule has 6 aromatic rings. The van der Waals surface area contributed by atoms with Gasteiger partial charge in [0.25, 0.3) is 10.1 Å². The van der Waals surface area contributed by atoms with Gasteiger partial charge in [-0.25, -0.2) is 9.59 Å². The van der Waals surface area contributed by atoms with E-state index in [-0.39, 0.29) is 73.8 Å². The van der Waals surface area contributed by atoms with Gasteiger partial charge in [0.15, 0.2) is 0 Å². The molecular formula is C36H24N6NaO9S+. The van der Waals surface area contributed by atoms with E-state index in [0.29, 0.717) is 22.4 Å². The number of nitrogens with zero attached hydrogens (tertiary/aromatic N) is 6. The van der Waals surface area contributed by atoms with Crippen molar-refractivity contribution in [2.75, 3.05) is 0 Å². The molecule has 6 aromatic carbocycles. The van der Waals surface area contributed by atoms with Crippen molar-refractivity contribution in [1.29, 1.82) is 0 Å². The van der Waals surface area contributed by atoms with Crippen LogP contribution in [0.15, 0.2) is 151 Å². The molecule has 0 aliphatic heterocycles. The summed E-state index contributed by atoms with van der Waals surface area (Å²) in [4.78, 5) is 22.2. The van der Waals surface area contributed by atoms with E-state index in [9.17, 15) is 43.0 Å². The third-order valence-corrected chi connectivity index (χ3v) is 8.41. The molecule has 0 aliphatic rings. The van der Waals surface area contributed by atoms with Gasteiger partial charge >= 0.3 is 41.5 Å². The summed E-state index contributed by atoms with van der Waals surface area (Å²) < 4.78 is 33.5. The number of benzene rings is 6. The number of carboxylic acid groups (broad SMARTS) is 2. The Bertz CT molecular complexity index is 2580. The predicted molar refractivity (Wildman–Crippen MR) is 188 cm³/mol. The zero-order valence-electron chi connectivity index (χ0n) is 27.4. The Labute approximate surface area is 322 Å². The maximum absolute atomic E-state index is 11.9. The van der Waals surface area contributed by atoms with Crippen LogP contribution in [0.2, 0.25) is 0 Å². The van der Waals surface area contributed by atoms with E-state index in [2.05, 4.69) is 30.7 Å². The third-order valence-electron chi connectivity index (χ3n) is 7.56. The molecule has 0 bridgehead atoms. The molecule has 0 amide bonds. The van der Waals surface area contributed by atoms with Crippen LogP contribution < -0.4 is 29.6 Å². The van der Waals surface area contributed by atoms with Gasteiger partial charge < -0.3 is 20.4 Å². The maximum atomic E-state index is 11.9. The predicted octanol–water partition coefficient (Wildman–Crippen LogP) is 6.81. The van der Waals surface area contributed by atoms with Gasteiger partial charge in [0.05, 0.1) is 39.0 Å². The van der Waals surface area contributed by atoms with E-state index in [1.54, 1.807) is 30.3 Å². The maximum Gasteiger partial charge on any atom is 1.00 e. The number of azo groups is 3. The Hall–Kier alpha value is -6.17. The first kappa shape index (κ1) is 38.1. The van der Waals surface area contributed by atoms with Gasteiger partial charge in [-0.15, -0.1) is 10.2 Å². The van der Waals surface area contributed by atoms with Crippen LogP contribution in [0.4, 0.5) is 34.1 Å². The standard InChI is InChI=1S/C36H24N6O9S.Na/c43-33-15-9-24(17-29(33)35(45)46)39-37-22-5-1-20(2-6-22)21-3-7-23(8-4-21)38-41-31-13-14-32(28-19-26(52(49,50)51)11-12-27(28)31)42-40-25-10-16-34(44)30(18-25)36(47)48;/h1-19,43-44H,(H,45,46)(H,47,48)(H,49,50,51);/q;+1. The van der Waals surface area contributed by atoms with E-state index in [1.807, 2.05) is 24.3 Å². The molecule has 0 fully saturated rings. The van der Waals surface area contributed by atoms with Crippen molar-refractivity contribution < 1.29 is 72.5 Å². The molecule has 17 heteroatoms. The van der Waals surface area contributed by atoms with Crippen molar-refractivity contribution in [2.45, 2.75) is 4.90 Å². The molecule has 6 rings (SSSR count). The van der Waals surface area contributed by atoms with Gasteiger partial charge in [0, 0.05) is 10.8 Å². The molecule has 0 unspecified atom stereocenters. The second kappa shape index (κ2) is 16.0. The van der Waals surface area contributed by atoms with Crippen LogP contribution in [-0.2, 0) is 10.1 Å². The first-order chi connectivity index (χ1) is 24.9. The van der Waals surface area contributed by atoms with E-state index in [0.717, 1.165) is 23.3 Å². The largest absolute Gasteiger partial charge is 1.00 e. The fourth-order valence-electron chi connectivity index (χ4n) is 4.93. The molecular weight excluding hydrogens is 715 g/mol. The summed E-state index contributed by atoms with van der Waals surface area (Å²) >= 11 is 0. The number of hydrogen-bond donors (Lipinski definition) is 5. The Kier molecular flexibility index (Phi) is 11.5. The number of aromatic hydroxyl groups is 2. The molecule has 0 aromatic heterocycles. The second-order valence-corrected chi connectivity index (χ2v) is 12.4. The van der Waals surface area contributed by atoms with Crippen molar-refractivity contribution in [1.82, 2.24) is 0 Å². The van der Waals surface area contributed by atoms with Crippen LogP contribution in [0.1, 0.15) is 20.7 Å². The molecule has 5 N–H and O–H groups in total. The molecule has 0 radical (unpaired) electrons. The average molecular weight is 740 g/mol. The number of rotatable bonds is 10. The van der Waals surface area contributed by atoms with E-state index >= 15 is 0 Å². The Balaban J connectivity index is 0.00000541. The van der Waals surface area contributed by atoms with E-state index < -0.39 is 27.8 Å². The monoisotopic (exact) mass is 739 g/mol. The van der Waals surface area contributed by atoms with Gasteiger partial charge in [-0.1, -0.05) is 30.3 Å². The molecule has 15 nitrogen and oxygen atoms in total. The van der Waals surface area contributed by atoms with Crippen molar-refractivity contribution in [3.8, 4) is 22.6 Å². The molecule has 0 heterocycles. The third kappa shape index (κ3) is 9.01. The molecule has 258 valence electrons. The zero-order chi connectivity index (χ0) is 37.0. The number of carbonyl (C=O) groups is 2. The van der Waals surface area contributed by atoms with Gasteiger partial charge in [0.1, 0.15) is 22.6 Å². The summed E-state index contributed by atoms with van der Waals surface area (Å²) in [5.74, 6) is -3.44. The van der Waals surface area contributed by atoms with Crippen molar-refractivity contribution in [3.63, 3.8) is 0 Å². The van der Waals surface area contributed by atoms with Crippen LogP contribution in [0.3, 0.4) is 0 Å². The number of aromatic carboxylic acids is 2. The van der Waals surface area contributed by atoms with E-state index in [4.69, 9.17) is 0 Å². The smallest absolute Gasteiger partial charge is 0.507 e. The Morgan fingerprint density at radius 1 is 0.472 bits per heavy atom. The molecule has 53 heavy (non-hydrogen) atoms. The minimum Gasteiger partial charge on any atom is -0.507 e. The van der Waals surface area contributed by atoms with Crippen molar-refractivity contribution >= 4 is 67.0 Å². The molecule has 0 spiro atoms. The topological polar surface area (TPSA) is 244 Å². The number of phenols is 2. The molecule has 0 saturated carbocycles. The van der Waals surface area contributed by atoms with Gasteiger partial charge in [-0.3, -0.25) is 4.55 Å². The average Bonchev–Trinajstić information content (AvgIpc) is 3.13. The zero-order valence-corrected chi connectivity index (χ0v) is 30.2. The molecule has 0 aliphatic carbocycles. The van der Waals surface area contributed by atoms with E-state index in [1.165, 1.54) is 48.5 Å². The van der Waals surface area contributed by atoms with Gasteiger partial charge in [-0.05, 0) is 96.1 Å². The minimum absolute atomic E-state index is 0. The molecule has 0 saturated heterocycles. The summed E-state index contributed by atoms with van der Waals surface area (Å²) in [7, 11) is -4.57. The fourth-order valence-corrected chi connectivity index (χ4v) is 5.43. The van der Waals surface area contributed by atoms with Crippen molar-refractivity contribution in [3.05, 3.63) is 126 Å². The number of hydrogen-bond acceptors (Lipinski definition) is 12. The quantitative estimate of drug-likeness (QED) is 0.0562. The summed E-state index contributed by atoms with van der Waals surface area (Å²) in [6.45, 7) is 0. The van der Waals surface area contributed by atoms with Gasteiger partial charge in [0.2, 0.25) is 0 Å². The minimum atomic E-state index is -4.57. The second-order valence-electron chi connectivity index (χ2n) is 11.0. The summed E-state index contributed by atoms with van der Waals surface area (Å²) in [5.41, 5.74) is 3.06. The van der Waals surface area contributed by atoms with Crippen LogP contribution >= 0.6 is 0 Å². The van der Waals surface area contributed by atoms with Crippen LogP contribution in [-0.4, -0.2) is 45.3 Å². The molecule has 0 atom stereocenters. The number of fused-ring (bicyclic) bond motifs is 1. The van der Waals surface area contributed by atoms with Crippen molar-refractivity contribution in [2.24, 2.45) is 30.7 Å². The first-order valence-electron chi connectivity index (χ1n) is 15.0. The van der Waals surface area contributed by atoms with Crippen LogP contribution in [0, 0.1) is 0 Å². The van der Waals surface area contributed by atoms with Crippen LogP contribution in [0.5, 0.6) is 11.5 Å². The Morgan fingerprint density at radius 3 is 1.32 bits per heavy atom.